The Morgan fingerprint density at radius 3 is 2.61 bits per heavy atom. The van der Waals surface area contributed by atoms with Gasteiger partial charge in [0.05, 0.1) is 11.9 Å². The topological polar surface area (TPSA) is 67.8 Å². The van der Waals surface area contributed by atoms with Gasteiger partial charge in [-0.1, -0.05) is 35.5 Å². The molecule has 2 aromatic rings. The van der Waals surface area contributed by atoms with E-state index in [0.29, 0.717) is 11.3 Å². The lowest BCUT2D eigenvalue weighted by Crippen LogP contribution is -2.18. The molecule has 0 atom stereocenters. The zero-order valence-electron chi connectivity index (χ0n) is 12.5. The van der Waals surface area contributed by atoms with Crippen LogP contribution >= 0.6 is 0 Å². The summed E-state index contributed by atoms with van der Waals surface area (Å²) in [4.78, 5) is 28.1. The van der Waals surface area contributed by atoms with Gasteiger partial charge in [0, 0.05) is 11.1 Å². The molecule has 0 aliphatic carbocycles. The van der Waals surface area contributed by atoms with E-state index >= 15 is 0 Å². The molecule has 1 amide bonds. The molecule has 0 unspecified atom stereocenters. The summed E-state index contributed by atoms with van der Waals surface area (Å²) in [6.45, 7) is 1.07. The summed E-state index contributed by atoms with van der Waals surface area (Å²) in [7, 11) is 0. The quantitative estimate of drug-likeness (QED) is 0.506. The first kappa shape index (κ1) is 16.4. The molecular formula is C17H15FN2O3. The highest BCUT2D eigenvalue weighted by Gasteiger charge is 2.09. The molecule has 5 nitrogen and oxygen atoms in total. The standard InChI is InChI=1S/C17H15FN2O3/c1-12(21)14-7-3-5-9-16(14)20-17(22)11-23-19-10-13-6-2-4-8-15(13)18/h2-10H,11H2,1H3,(H,20,22)/b19-10+. The van der Waals surface area contributed by atoms with E-state index in [9.17, 15) is 14.0 Å². The Labute approximate surface area is 132 Å². The van der Waals surface area contributed by atoms with Gasteiger partial charge in [-0.3, -0.25) is 9.59 Å². The number of nitrogens with one attached hydrogen (secondary N) is 1. The van der Waals surface area contributed by atoms with Gasteiger partial charge >= 0.3 is 0 Å². The highest BCUT2D eigenvalue weighted by Crippen LogP contribution is 2.15. The Morgan fingerprint density at radius 2 is 1.87 bits per heavy atom. The third kappa shape index (κ3) is 4.74. The highest BCUT2D eigenvalue weighted by atomic mass is 19.1. The fraction of sp³-hybridized carbons (Fsp3) is 0.118. The normalized spacial score (nSPS) is 10.5. The number of ketones is 1. The number of nitrogens with zero attached hydrogens (tertiary/aromatic N) is 1. The SMILES string of the molecule is CC(=O)c1ccccc1NC(=O)CO/N=C/c1ccccc1F. The maximum atomic E-state index is 13.3. The Balaban J connectivity index is 1.89. The predicted molar refractivity (Wildman–Crippen MR) is 85.0 cm³/mol. The van der Waals surface area contributed by atoms with Gasteiger partial charge < -0.3 is 10.2 Å². The maximum absolute atomic E-state index is 13.3. The smallest absolute Gasteiger partial charge is 0.265 e. The first-order valence-corrected chi connectivity index (χ1v) is 6.87. The zero-order chi connectivity index (χ0) is 16.7. The van der Waals surface area contributed by atoms with Crippen LogP contribution < -0.4 is 5.32 Å². The Morgan fingerprint density at radius 1 is 1.17 bits per heavy atom. The number of carbonyl (C=O) groups is 2. The molecule has 0 aromatic heterocycles. The number of amides is 1. The predicted octanol–water partition coefficient (Wildman–Crippen LogP) is 3.02. The number of halogens is 1. The summed E-state index contributed by atoms with van der Waals surface area (Å²) >= 11 is 0. The minimum Gasteiger partial charge on any atom is -0.386 e. The van der Waals surface area contributed by atoms with E-state index in [0.717, 1.165) is 0 Å². The van der Waals surface area contributed by atoms with Crippen molar-refractivity contribution >= 4 is 23.6 Å². The number of oxime groups is 1. The summed E-state index contributed by atoms with van der Waals surface area (Å²) in [6.07, 6.45) is 1.19. The first-order valence-electron chi connectivity index (χ1n) is 6.87. The van der Waals surface area contributed by atoms with E-state index in [4.69, 9.17) is 4.84 Å². The molecule has 0 bridgehead atoms. The minimum absolute atomic E-state index is 0.153. The molecule has 0 aliphatic heterocycles. The van der Waals surface area contributed by atoms with Crippen molar-refractivity contribution in [3.05, 3.63) is 65.5 Å². The number of benzene rings is 2. The van der Waals surface area contributed by atoms with E-state index in [-0.39, 0.29) is 18.0 Å². The van der Waals surface area contributed by atoms with Gasteiger partial charge in [-0.2, -0.15) is 0 Å². The average molecular weight is 314 g/mol. The Hall–Kier alpha value is -3.02. The van der Waals surface area contributed by atoms with Crippen molar-refractivity contribution in [3.63, 3.8) is 0 Å². The van der Waals surface area contributed by atoms with Crippen LogP contribution in [0.4, 0.5) is 10.1 Å². The molecule has 2 rings (SSSR count). The molecule has 0 spiro atoms. The summed E-state index contributed by atoms with van der Waals surface area (Å²) in [5.74, 6) is -1.05. The van der Waals surface area contributed by atoms with Crippen molar-refractivity contribution in [1.29, 1.82) is 0 Å². The number of hydrogen-bond donors (Lipinski definition) is 1. The van der Waals surface area contributed by atoms with E-state index in [1.54, 1.807) is 36.4 Å². The van der Waals surface area contributed by atoms with Crippen LogP contribution in [0, 0.1) is 5.82 Å². The van der Waals surface area contributed by atoms with Crippen molar-refractivity contribution in [2.75, 3.05) is 11.9 Å². The van der Waals surface area contributed by atoms with Gasteiger partial charge in [0.25, 0.3) is 5.91 Å². The molecule has 0 heterocycles. The summed E-state index contributed by atoms with van der Waals surface area (Å²) < 4.78 is 13.3. The molecule has 0 aliphatic rings. The fourth-order valence-electron chi connectivity index (χ4n) is 1.86. The minimum atomic E-state index is -0.468. The van der Waals surface area contributed by atoms with Crippen LogP contribution in [-0.2, 0) is 9.63 Å². The van der Waals surface area contributed by atoms with Gasteiger partial charge in [0.2, 0.25) is 0 Å². The monoisotopic (exact) mass is 314 g/mol. The van der Waals surface area contributed by atoms with Crippen molar-refractivity contribution in [2.45, 2.75) is 6.92 Å². The molecule has 0 fully saturated rings. The van der Waals surface area contributed by atoms with Gasteiger partial charge in [-0.15, -0.1) is 0 Å². The Bertz CT molecular complexity index is 744. The second-order valence-corrected chi connectivity index (χ2v) is 4.68. The summed E-state index contributed by atoms with van der Waals surface area (Å²) in [5.41, 5.74) is 1.08. The third-order valence-corrected chi connectivity index (χ3v) is 2.95. The van der Waals surface area contributed by atoms with Crippen LogP contribution in [0.15, 0.2) is 53.7 Å². The molecule has 118 valence electrons. The molecule has 0 radical (unpaired) electrons. The number of para-hydroxylation sites is 1. The number of carbonyl (C=O) groups excluding carboxylic acids is 2. The number of Topliss-reactive ketones (excluding diaryl/α,β-unsaturated/α-hetero) is 1. The molecule has 23 heavy (non-hydrogen) atoms. The van der Waals surface area contributed by atoms with E-state index in [1.807, 2.05) is 0 Å². The van der Waals surface area contributed by atoms with Crippen molar-refractivity contribution in [3.8, 4) is 0 Å². The summed E-state index contributed by atoms with van der Waals surface area (Å²) in [5, 5.41) is 6.12. The lowest BCUT2D eigenvalue weighted by Gasteiger charge is -2.08. The molecule has 0 saturated heterocycles. The lowest BCUT2D eigenvalue weighted by molar-refractivity contribution is -0.120. The Kier molecular flexibility index (Phi) is 5.57. The van der Waals surface area contributed by atoms with Crippen LogP contribution in [0.2, 0.25) is 0 Å². The summed E-state index contributed by atoms with van der Waals surface area (Å²) in [6, 6.07) is 12.7. The van der Waals surface area contributed by atoms with Gasteiger partial charge in [-0.25, -0.2) is 4.39 Å². The first-order chi connectivity index (χ1) is 11.1. The largest absolute Gasteiger partial charge is 0.386 e. The van der Waals surface area contributed by atoms with Crippen LogP contribution in [0.1, 0.15) is 22.8 Å². The van der Waals surface area contributed by atoms with Gasteiger partial charge in [0.1, 0.15) is 5.82 Å². The van der Waals surface area contributed by atoms with Crippen molar-refractivity contribution < 1.29 is 18.8 Å². The third-order valence-electron chi connectivity index (χ3n) is 2.95. The highest BCUT2D eigenvalue weighted by molar-refractivity contribution is 6.03. The number of anilines is 1. The second-order valence-electron chi connectivity index (χ2n) is 4.68. The van der Waals surface area contributed by atoms with Crippen molar-refractivity contribution in [2.24, 2.45) is 5.16 Å². The molecule has 6 heteroatoms. The number of rotatable bonds is 6. The molecular weight excluding hydrogens is 299 g/mol. The molecule has 0 saturated carbocycles. The molecule has 2 aromatic carbocycles. The zero-order valence-corrected chi connectivity index (χ0v) is 12.5. The van der Waals surface area contributed by atoms with Crippen LogP contribution in [-0.4, -0.2) is 24.5 Å². The lowest BCUT2D eigenvalue weighted by atomic mass is 10.1. The van der Waals surface area contributed by atoms with Gasteiger partial charge in [0.15, 0.2) is 12.4 Å². The van der Waals surface area contributed by atoms with Gasteiger partial charge in [-0.05, 0) is 25.1 Å². The van der Waals surface area contributed by atoms with Crippen LogP contribution in [0.5, 0.6) is 0 Å². The van der Waals surface area contributed by atoms with E-state index in [1.165, 1.54) is 25.3 Å². The number of hydrogen-bond acceptors (Lipinski definition) is 4. The average Bonchev–Trinajstić information content (AvgIpc) is 2.53. The molecule has 1 N–H and O–H groups in total. The van der Waals surface area contributed by atoms with E-state index < -0.39 is 11.7 Å². The second kappa shape index (κ2) is 7.84. The van der Waals surface area contributed by atoms with E-state index in [2.05, 4.69) is 10.5 Å². The maximum Gasteiger partial charge on any atom is 0.265 e. The van der Waals surface area contributed by atoms with Crippen molar-refractivity contribution in [1.82, 2.24) is 0 Å². The fourth-order valence-corrected chi connectivity index (χ4v) is 1.86. The van der Waals surface area contributed by atoms with Crippen LogP contribution in [0.25, 0.3) is 0 Å². The van der Waals surface area contributed by atoms with Crippen LogP contribution in [0.3, 0.4) is 0 Å².